The lowest BCUT2D eigenvalue weighted by Crippen LogP contribution is -2.60. The van der Waals surface area contributed by atoms with Crippen molar-refractivity contribution in [2.45, 2.75) is 147 Å². The first-order valence-corrected chi connectivity index (χ1v) is 19.1. The molecular formula is C38H60O13. The van der Waals surface area contributed by atoms with Crippen LogP contribution in [0.2, 0.25) is 0 Å². The average Bonchev–Trinajstić information content (AvgIpc) is 3.38. The van der Waals surface area contributed by atoms with Crippen LogP contribution in [0, 0.1) is 46.3 Å². The average molecular weight is 725 g/mol. The Kier molecular flexibility index (Phi) is 11.9. The van der Waals surface area contributed by atoms with Crippen LogP contribution in [-0.2, 0) is 28.5 Å². The van der Waals surface area contributed by atoms with Gasteiger partial charge < -0.3 is 54.7 Å². The standard InChI is InChI=1S/C38H60O13/c1-18(16-48-35-33(46)30(43)27(42)17-49-35)5-8-25(40)19(2)29-26(41)14-24-22-7-6-20-13-21(9-11-37(20,3)23(22)10-12-38(24,29)4)50-36-34(47)32(45)31(44)28(15-39)51-36/h6,18-19,21-24,27-36,39,42-47H,5,7-17H2,1-4H3/t18-,19-,21+,22-,23+,24+,27+,28-,29+,30+,31-,32+,33-,34-,35-,36-,37+,38+/m1/s1. The zero-order valence-corrected chi connectivity index (χ0v) is 30.4. The molecule has 0 bridgehead atoms. The van der Waals surface area contributed by atoms with Crippen molar-refractivity contribution in [2.24, 2.45) is 46.3 Å². The van der Waals surface area contributed by atoms with E-state index in [-0.39, 0.29) is 59.5 Å². The van der Waals surface area contributed by atoms with Gasteiger partial charge in [-0.2, -0.15) is 0 Å². The second-order valence-electron chi connectivity index (χ2n) is 17.1. The van der Waals surface area contributed by atoms with E-state index in [0.29, 0.717) is 37.5 Å². The molecule has 0 amide bonds. The molecule has 4 aliphatic carbocycles. The molecule has 0 aromatic rings. The van der Waals surface area contributed by atoms with E-state index in [0.717, 1.165) is 32.1 Å². The summed E-state index contributed by atoms with van der Waals surface area (Å²) in [6.07, 6.45) is -3.01. The molecule has 7 N–H and O–H groups in total. The third kappa shape index (κ3) is 7.27. The number of ketones is 2. The van der Waals surface area contributed by atoms with Crippen LogP contribution >= 0.6 is 0 Å². The normalized spacial score (nSPS) is 48.2. The first kappa shape index (κ1) is 39.3. The second kappa shape index (κ2) is 15.4. The summed E-state index contributed by atoms with van der Waals surface area (Å²) in [5, 5.41) is 70.2. The SMILES string of the molecule is C[C@H](CCC(=O)[C@@H](C)[C@H]1C(=O)C[C@H]2[C@@H]3CC=C4C[C@@H](O[C@@H]5O[C@H](CO)[C@@H](O)[C@H](O)[C@H]5O)CC[C@]4(C)[C@H]3CC[C@]12C)CO[C@@H]1OC[C@H](O)[C@H](O)[C@H]1O. The lowest BCUT2D eigenvalue weighted by Gasteiger charge is -2.58. The molecule has 2 heterocycles. The zero-order valence-electron chi connectivity index (χ0n) is 30.4. The van der Waals surface area contributed by atoms with E-state index >= 15 is 0 Å². The van der Waals surface area contributed by atoms with Crippen molar-refractivity contribution in [2.75, 3.05) is 19.8 Å². The van der Waals surface area contributed by atoms with E-state index in [1.54, 1.807) is 0 Å². The van der Waals surface area contributed by atoms with Crippen LogP contribution in [0.15, 0.2) is 11.6 Å². The molecule has 0 unspecified atom stereocenters. The maximum Gasteiger partial charge on any atom is 0.186 e. The molecule has 13 heteroatoms. The van der Waals surface area contributed by atoms with E-state index in [2.05, 4.69) is 19.9 Å². The number of fused-ring (bicyclic) bond motifs is 5. The number of rotatable bonds is 11. The molecule has 0 aromatic heterocycles. The molecule has 0 spiro atoms. The Hall–Kier alpha value is -1.36. The smallest absolute Gasteiger partial charge is 0.186 e. The number of allylic oxidation sites excluding steroid dienone is 1. The summed E-state index contributed by atoms with van der Waals surface area (Å²) in [5.74, 6) is 0.475. The minimum atomic E-state index is -1.48. The summed E-state index contributed by atoms with van der Waals surface area (Å²) in [6.45, 7) is 8.00. The fourth-order valence-electron chi connectivity index (χ4n) is 10.9. The molecule has 6 rings (SSSR count). The van der Waals surface area contributed by atoms with Gasteiger partial charge in [-0.15, -0.1) is 0 Å². The van der Waals surface area contributed by atoms with Crippen LogP contribution in [0.4, 0.5) is 0 Å². The molecule has 2 saturated heterocycles. The lowest BCUT2D eigenvalue weighted by atomic mass is 9.47. The van der Waals surface area contributed by atoms with Crippen molar-refractivity contribution in [3.8, 4) is 0 Å². The number of aliphatic hydroxyl groups excluding tert-OH is 7. The first-order chi connectivity index (χ1) is 24.1. The van der Waals surface area contributed by atoms with E-state index in [1.807, 2.05) is 13.8 Å². The van der Waals surface area contributed by atoms with E-state index in [9.17, 15) is 45.3 Å². The lowest BCUT2D eigenvalue weighted by molar-refractivity contribution is -0.313. The van der Waals surface area contributed by atoms with Gasteiger partial charge in [0, 0.05) is 24.7 Å². The van der Waals surface area contributed by atoms with Crippen molar-refractivity contribution in [3.63, 3.8) is 0 Å². The van der Waals surface area contributed by atoms with Crippen LogP contribution in [-0.4, -0.2) is 129 Å². The number of Topliss-reactive ketones (excluding diaryl/α,β-unsaturated/α-hetero) is 2. The second-order valence-corrected chi connectivity index (χ2v) is 17.1. The van der Waals surface area contributed by atoms with Crippen LogP contribution in [0.1, 0.15) is 85.5 Å². The largest absolute Gasteiger partial charge is 0.394 e. The van der Waals surface area contributed by atoms with Gasteiger partial charge in [-0.1, -0.05) is 39.3 Å². The minimum absolute atomic E-state index is 0.0272. The third-order valence-corrected chi connectivity index (χ3v) is 14.0. The molecule has 18 atom stereocenters. The number of ether oxygens (including phenoxy) is 4. The molecule has 2 aliphatic heterocycles. The highest BCUT2D eigenvalue weighted by molar-refractivity contribution is 5.92. The Balaban J connectivity index is 1.04. The highest BCUT2D eigenvalue weighted by atomic mass is 16.7. The van der Waals surface area contributed by atoms with Gasteiger partial charge in [-0.05, 0) is 79.4 Å². The molecule has 13 nitrogen and oxygen atoms in total. The van der Waals surface area contributed by atoms with Crippen LogP contribution < -0.4 is 0 Å². The minimum Gasteiger partial charge on any atom is -0.394 e. The molecule has 0 aromatic carbocycles. The van der Waals surface area contributed by atoms with E-state index in [4.69, 9.17) is 18.9 Å². The number of hydrogen-bond donors (Lipinski definition) is 7. The molecule has 3 saturated carbocycles. The van der Waals surface area contributed by atoms with Crippen LogP contribution in [0.3, 0.4) is 0 Å². The summed E-state index contributed by atoms with van der Waals surface area (Å²) in [5.41, 5.74) is 0.998. The van der Waals surface area contributed by atoms with Gasteiger partial charge in [0.15, 0.2) is 12.6 Å². The number of carbonyl (C=O) groups excluding carboxylic acids is 2. The van der Waals surface area contributed by atoms with Crippen molar-refractivity contribution in [1.29, 1.82) is 0 Å². The van der Waals surface area contributed by atoms with Gasteiger partial charge >= 0.3 is 0 Å². The van der Waals surface area contributed by atoms with Crippen molar-refractivity contribution in [3.05, 3.63) is 11.6 Å². The van der Waals surface area contributed by atoms with Crippen molar-refractivity contribution >= 4 is 11.6 Å². The number of aliphatic hydroxyl groups is 7. The maximum absolute atomic E-state index is 13.8. The maximum atomic E-state index is 13.8. The van der Waals surface area contributed by atoms with E-state index in [1.165, 1.54) is 5.57 Å². The van der Waals surface area contributed by atoms with Gasteiger partial charge in [0.2, 0.25) is 0 Å². The molecule has 5 fully saturated rings. The van der Waals surface area contributed by atoms with Crippen molar-refractivity contribution in [1.82, 2.24) is 0 Å². The third-order valence-electron chi connectivity index (χ3n) is 14.0. The monoisotopic (exact) mass is 724 g/mol. The van der Waals surface area contributed by atoms with Crippen LogP contribution in [0.5, 0.6) is 0 Å². The van der Waals surface area contributed by atoms with Gasteiger partial charge in [0.05, 0.1) is 25.9 Å². The van der Waals surface area contributed by atoms with Crippen LogP contribution in [0.25, 0.3) is 0 Å². The molecule has 290 valence electrons. The van der Waals surface area contributed by atoms with Gasteiger partial charge in [0.25, 0.3) is 0 Å². The number of hydrogen-bond acceptors (Lipinski definition) is 13. The summed E-state index contributed by atoms with van der Waals surface area (Å²) >= 11 is 0. The quantitative estimate of drug-likeness (QED) is 0.149. The fourth-order valence-corrected chi connectivity index (χ4v) is 10.9. The summed E-state index contributed by atoms with van der Waals surface area (Å²) in [7, 11) is 0. The predicted octanol–water partition coefficient (Wildman–Crippen LogP) is 1.01. The molecule has 0 radical (unpaired) electrons. The summed E-state index contributed by atoms with van der Waals surface area (Å²) in [6, 6.07) is 0. The van der Waals surface area contributed by atoms with Gasteiger partial charge in [-0.3, -0.25) is 9.59 Å². The van der Waals surface area contributed by atoms with Gasteiger partial charge in [0.1, 0.15) is 54.3 Å². The van der Waals surface area contributed by atoms with Gasteiger partial charge in [-0.25, -0.2) is 0 Å². The Morgan fingerprint density at radius 1 is 0.941 bits per heavy atom. The Morgan fingerprint density at radius 2 is 1.67 bits per heavy atom. The zero-order chi connectivity index (χ0) is 37.0. The summed E-state index contributed by atoms with van der Waals surface area (Å²) in [4.78, 5) is 27.4. The molecule has 6 aliphatic rings. The Bertz CT molecular complexity index is 1290. The predicted molar refractivity (Wildman–Crippen MR) is 181 cm³/mol. The Labute approximate surface area is 300 Å². The summed E-state index contributed by atoms with van der Waals surface area (Å²) < 4.78 is 22.8. The highest BCUT2D eigenvalue weighted by Crippen LogP contribution is 2.66. The fraction of sp³-hybridized carbons (Fsp3) is 0.895. The van der Waals surface area contributed by atoms with Crippen molar-refractivity contribution < 1.29 is 64.3 Å². The first-order valence-electron chi connectivity index (χ1n) is 19.1. The number of carbonyl (C=O) groups is 2. The highest BCUT2D eigenvalue weighted by Gasteiger charge is 2.62. The van der Waals surface area contributed by atoms with E-state index < -0.39 is 67.8 Å². The molecule has 51 heavy (non-hydrogen) atoms. The molecular weight excluding hydrogens is 664 g/mol. The Morgan fingerprint density at radius 3 is 2.39 bits per heavy atom. The topological polar surface area (TPSA) is 213 Å².